The Balaban J connectivity index is 1.87. The molecule has 112 valence electrons. The van der Waals surface area contributed by atoms with Gasteiger partial charge in [-0.2, -0.15) is 0 Å². The lowest BCUT2D eigenvalue weighted by atomic mass is 10.1. The Hall–Kier alpha value is -3.02. The van der Waals surface area contributed by atoms with Crippen molar-refractivity contribution in [2.24, 2.45) is 7.05 Å². The lowest BCUT2D eigenvalue weighted by Gasteiger charge is -2.10. The maximum Gasteiger partial charge on any atom is 0.272 e. The summed E-state index contributed by atoms with van der Waals surface area (Å²) >= 11 is 0. The smallest absolute Gasteiger partial charge is 0.272 e. The topological polar surface area (TPSA) is 69.3 Å². The predicted molar refractivity (Wildman–Crippen MR) is 81.9 cm³/mol. The third-order valence-electron chi connectivity index (χ3n) is 3.33. The molecule has 0 radical (unpaired) electrons. The Labute approximate surface area is 127 Å². The van der Waals surface area contributed by atoms with E-state index in [4.69, 9.17) is 9.15 Å². The van der Waals surface area contributed by atoms with Gasteiger partial charge in [0.2, 0.25) is 0 Å². The molecule has 22 heavy (non-hydrogen) atoms. The van der Waals surface area contributed by atoms with E-state index in [0.29, 0.717) is 22.9 Å². The summed E-state index contributed by atoms with van der Waals surface area (Å²) in [4.78, 5) is 16.1. The van der Waals surface area contributed by atoms with E-state index in [0.717, 1.165) is 5.56 Å². The third-order valence-corrected chi connectivity index (χ3v) is 3.33. The molecular weight excluding hydrogens is 282 g/mol. The van der Waals surface area contributed by atoms with Gasteiger partial charge in [-0.1, -0.05) is 0 Å². The number of benzene rings is 1. The minimum absolute atomic E-state index is 0.179. The Morgan fingerprint density at radius 2 is 2.23 bits per heavy atom. The van der Waals surface area contributed by atoms with Gasteiger partial charge < -0.3 is 19.0 Å². The molecule has 0 aliphatic rings. The fourth-order valence-corrected chi connectivity index (χ4v) is 2.21. The quantitative estimate of drug-likeness (QED) is 0.804. The highest BCUT2D eigenvalue weighted by atomic mass is 16.5. The number of ether oxygens (including phenoxy) is 1. The summed E-state index contributed by atoms with van der Waals surface area (Å²) in [6.07, 6.45) is 4.79. The van der Waals surface area contributed by atoms with Gasteiger partial charge in [0.25, 0.3) is 5.91 Å². The predicted octanol–water partition coefficient (Wildman–Crippen LogP) is 2.94. The van der Waals surface area contributed by atoms with Gasteiger partial charge in [0, 0.05) is 25.0 Å². The minimum Gasteiger partial charge on any atom is -0.496 e. The van der Waals surface area contributed by atoms with Crippen LogP contribution >= 0.6 is 0 Å². The van der Waals surface area contributed by atoms with Crippen LogP contribution in [0.3, 0.4) is 0 Å². The highest BCUT2D eigenvalue weighted by molar-refractivity contribution is 6.03. The molecule has 0 aliphatic heterocycles. The first-order valence-corrected chi connectivity index (χ1v) is 6.68. The molecule has 0 atom stereocenters. The molecule has 0 saturated heterocycles. The Kier molecular flexibility index (Phi) is 3.65. The molecule has 0 spiro atoms. The molecule has 2 aromatic heterocycles. The number of nitrogens with zero attached hydrogens (tertiary/aromatic N) is 2. The molecule has 2 heterocycles. The lowest BCUT2D eigenvalue weighted by molar-refractivity contribution is 0.101. The van der Waals surface area contributed by atoms with Crippen LogP contribution in [0.1, 0.15) is 10.5 Å². The summed E-state index contributed by atoms with van der Waals surface area (Å²) in [6.45, 7) is 0. The van der Waals surface area contributed by atoms with Gasteiger partial charge in [-0.3, -0.25) is 4.79 Å². The van der Waals surface area contributed by atoms with E-state index in [2.05, 4.69) is 10.3 Å². The van der Waals surface area contributed by atoms with Crippen molar-refractivity contribution in [2.45, 2.75) is 0 Å². The van der Waals surface area contributed by atoms with E-state index in [1.165, 1.54) is 6.39 Å². The molecule has 1 aromatic carbocycles. The monoisotopic (exact) mass is 297 g/mol. The maximum atomic E-state index is 12.2. The number of carbonyl (C=O) groups is 1. The van der Waals surface area contributed by atoms with E-state index in [-0.39, 0.29) is 5.91 Å². The molecule has 0 fully saturated rings. The normalized spacial score (nSPS) is 10.5. The van der Waals surface area contributed by atoms with E-state index < -0.39 is 0 Å². The third kappa shape index (κ3) is 2.58. The molecular formula is C16H15N3O3. The summed E-state index contributed by atoms with van der Waals surface area (Å²) in [5.74, 6) is 1.03. The van der Waals surface area contributed by atoms with E-state index >= 15 is 0 Å². The zero-order valence-corrected chi connectivity index (χ0v) is 12.2. The molecule has 3 rings (SSSR count). The van der Waals surface area contributed by atoms with Crippen LogP contribution in [0.15, 0.2) is 53.5 Å². The van der Waals surface area contributed by atoms with Crippen LogP contribution in [0.25, 0.3) is 11.3 Å². The second-order valence-corrected chi connectivity index (χ2v) is 4.74. The SMILES string of the molecule is COc1cc(NC(=O)c2cccn2C)ccc1-c1cnco1. The molecule has 0 saturated carbocycles. The fourth-order valence-electron chi connectivity index (χ4n) is 2.21. The zero-order valence-electron chi connectivity index (χ0n) is 12.2. The average molecular weight is 297 g/mol. The van der Waals surface area contributed by atoms with Gasteiger partial charge in [-0.15, -0.1) is 0 Å². The van der Waals surface area contributed by atoms with Crippen LogP contribution in [0, 0.1) is 0 Å². The molecule has 1 amide bonds. The number of hydrogen-bond acceptors (Lipinski definition) is 4. The molecule has 0 bridgehead atoms. The number of aryl methyl sites for hydroxylation is 1. The standard InChI is InChI=1S/C16H15N3O3/c1-19-7-3-4-13(19)16(20)18-11-5-6-12(14(8-11)21-2)15-9-17-10-22-15/h3-10H,1-2H3,(H,18,20). The second-order valence-electron chi connectivity index (χ2n) is 4.74. The van der Waals surface area contributed by atoms with Crippen LogP contribution in [0.5, 0.6) is 5.75 Å². The van der Waals surface area contributed by atoms with Crippen molar-refractivity contribution in [2.75, 3.05) is 12.4 Å². The number of oxazole rings is 1. The number of anilines is 1. The van der Waals surface area contributed by atoms with Crippen LogP contribution in [-0.2, 0) is 7.05 Å². The summed E-state index contributed by atoms with van der Waals surface area (Å²) in [6, 6.07) is 8.94. The van der Waals surface area contributed by atoms with Crippen LogP contribution in [0.4, 0.5) is 5.69 Å². The lowest BCUT2D eigenvalue weighted by Crippen LogP contribution is -2.15. The van der Waals surface area contributed by atoms with Gasteiger partial charge in [0.05, 0.1) is 18.9 Å². The molecule has 6 heteroatoms. The molecule has 6 nitrogen and oxygen atoms in total. The molecule has 3 aromatic rings. The summed E-state index contributed by atoms with van der Waals surface area (Å²) in [7, 11) is 3.39. The first-order valence-electron chi connectivity index (χ1n) is 6.68. The van der Waals surface area contributed by atoms with Crippen molar-refractivity contribution >= 4 is 11.6 Å². The molecule has 0 unspecified atom stereocenters. The van der Waals surface area contributed by atoms with Crippen LogP contribution in [-0.4, -0.2) is 22.6 Å². The largest absolute Gasteiger partial charge is 0.496 e. The van der Waals surface area contributed by atoms with E-state index in [9.17, 15) is 4.79 Å². The van der Waals surface area contributed by atoms with Gasteiger partial charge in [-0.05, 0) is 24.3 Å². The molecule has 1 N–H and O–H groups in total. The summed E-state index contributed by atoms with van der Waals surface area (Å²) in [5.41, 5.74) is 2.00. The fraction of sp³-hybridized carbons (Fsp3) is 0.125. The van der Waals surface area contributed by atoms with Gasteiger partial charge >= 0.3 is 0 Å². The second kappa shape index (κ2) is 5.77. The van der Waals surface area contributed by atoms with Gasteiger partial charge in [0.15, 0.2) is 12.2 Å². The summed E-state index contributed by atoms with van der Waals surface area (Å²) in [5, 5.41) is 2.85. The molecule has 0 aliphatic carbocycles. The Morgan fingerprint density at radius 1 is 1.36 bits per heavy atom. The van der Waals surface area contributed by atoms with Crippen LogP contribution < -0.4 is 10.1 Å². The van der Waals surface area contributed by atoms with Crippen molar-refractivity contribution < 1.29 is 13.9 Å². The maximum absolute atomic E-state index is 12.2. The Morgan fingerprint density at radius 3 is 2.86 bits per heavy atom. The first kappa shape index (κ1) is 13.9. The number of carbonyl (C=O) groups excluding carboxylic acids is 1. The number of rotatable bonds is 4. The number of methoxy groups -OCH3 is 1. The first-order chi connectivity index (χ1) is 10.7. The van der Waals surface area contributed by atoms with Gasteiger partial charge in [-0.25, -0.2) is 4.98 Å². The summed E-state index contributed by atoms with van der Waals surface area (Å²) < 4.78 is 12.4. The van der Waals surface area contributed by atoms with E-state index in [1.807, 2.05) is 25.4 Å². The van der Waals surface area contributed by atoms with Crippen molar-refractivity contribution in [3.8, 4) is 17.1 Å². The van der Waals surface area contributed by atoms with Crippen molar-refractivity contribution in [3.63, 3.8) is 0 Å². The Bertz CT molecular complexity index is 791. The highest BCUT2D eigenvalue weighted by Crippen LogP contribution is 2.32. The van der Waals surface area contributed by atoms with Crippen molar-refractivity contribution in [3.05, 3.63) is 54.8 Å². The number of aromatic nitrogens is 2. The average Bonchev–Trinajstić information content (AvgIpc) is 3.18. The highest BCUT2D eigenvalue weighted by Gasteiger charge is 2.13. The van der Waals surface area contributed by atoms with Crippen molar-refractivity contribution in [1.82, 2.24) is 9.55 Å². The van der Waals surface area contributed by atoms with Gasteiger partial charge in [0.1, 0.15) is 11.4 Å². The van der Waals surface area contributed by atoms with E-state index in [1.54, 1.807) is 36.1 Å². The van der Waals surface area contributed by atoms with Crippen molar-refractivity contribution in [1.29, 1.82) is 0 Å². The minimum atomic E-state index is -0.179. The number of nitrogens with one attached hydrogen (secondary N) is 1. The number of hydrogen-bond donors (Lipinski definition) is 1. The zero-order chi connectivity index (χ0) is 15.5. The number of amides is 1. The van der Waals surface area contributed by atoms with Crippen LogP contribution in [0.2, 0.25) is 0 Å².